The van der Waals surface area contributed by atoms with Crippen LogP contribution in [-0.2, 0) is 22.7 Å². The van der Waals surface area contributed by atoms with Gasteiger partial charge in [0.15, 0.2) is 16.7 Å². The molecule has 0 saturated carbocycles. The van der Waals surface area contributed by atoms with Crippen molar-refractivity contribution in [2.24, 2.45) is 7.05 Å². The van der Waals surface area contributed by atoms with Gasteiger partial charge in [-0.1, -0.05) is 29.3 Å². The highest BCUT2D eigenvalue weighted by Crippen LogP contribution is 2.44. The van der Waals surface area contributed by atoms with Crippen LogP contribution < -0.4 is 4.72 Å². The first kappa shape index (κ1) is 33.5. The van der Waals surface area contributed by atoms with Gasteiger partial charge < -0.3 is 14.6 Å². The molecule has 2 aromatic heterocycles. The Morgan fingerprint density at radius 2 is 1.74 bits per heavy atom. The number of rotatable bonds is 7. The van der Waals surface area contributed by atoms with E-state index < -0.39 is 67.5 Å². The summed E-state index contributed by atoms with van der Waals surface area (Å²) in [6, 6.07) is -0.352. The Hall–Kier alpha value is -2.44. The number of alkyl halides is 5. The normalized spacial score (nSPS) is 16.9. The van der Waals surface area contributed by atoms with Crippen LogP contribution in [0.25, 0.3) is 21.3 Å². The quantitative estimate of drug-likeness (QED) is 0.324. The van der Waals surface area contributed by atoms with Gasteiger partial charge in [-0.25, -0.2) is 22.2 Å². The number of amides is 1. The Bertz CT molecular complexity index is 1660. The average Bonchev–Trinajstić information content (AvgIpc) is 3.48. The summed E-state index contributed by atoms with van der Waals surface area (Å²) in [7, 11) is -3.24. The molecule has 19 heteroatoms. The molecule has 1 amide bonds. The number of piperidine rings is 1. The van der Waals surface area contributed by atoms with Gasteiger partial charge in [0.25, 0.3) is 11.8 Å². The number of nitrogens with one attached hydrogen (secondary N) is 1. The van der Waals surface area contributed by atoms with Gasteiger partial charge in [0.2, 0.25) is 10.0 Å². The largest absolute Gasteiger partial charge is 0.404 e. The Morgan fingerprint density at radius 1 is 1.14 bits per heavy atom. The van der Waals surface area contributed by atoms with Crippen molar-refractivity contribution in [2.75, 3.05) is 13.1 Å². The van der Waals surface area contributed by atoms with Gasteiger partial charge in [-0.15, -0.1) is 21.5 Å². The fourth-order valence-electron chi connectivity index (χ4n) is 4.26. The molecule has 0 spiro atoms. The maximum absolute atomic E-state index is 13.8. The molecule has 0 bridgehead atoms. The van der Waals surface area contributed by atoms with E-state index in [0.29, 0.717) is 6.92 Å². The number of carbonyl (C=O) groups excluding carboxylic acids is 1. The molecule has 43 heavy (non-hydrogen) atoms. The van der Waals surface area contributed by atoms with E-state index >= 15 is 0 Å². The van der Waals surface area contributed by atoms with E-state index in [1.54, 1.807) is 7.05 Å². The second kappa shape index (κ2) is 11.5. The molecular formula is C24H25Cl2F5N6O4S2. The first-order chi connectivity index (χ1) is 19.6. The molecule has 1 aliphatic heterocycles. The fourth-order valence-corrected chi connectivity index (χ4v) is 7.52. The summed E-state index contributed by atoms with van der Waals surface area (Å²) < 4.78 is 95.0. The van der Waals surface area contributed by atoms with Crippen molar-refractivity contribution in [1.29, 1.82) is 0 Å². The number of carbonyl (C=O) groups is 1. The number of benzene rings is 1. The molecule has 10 nitrogen and oxygen atoms in total. The fraction of sp³-hybridized carbons (Fsp3) is 0.500. The molecule has 1 aromatic carbocycles. The van der Waals surface area contributed by atoms with Gasteiger partial charge in [0.1, 0.15) is 22.2 Å². The lowest BCUT2D eigenvalue weighted by molar-refractivity contribution is -0.147. The number of hydrogen-bond acceptors (Lipinski definition) is 8. The summed E-state index contributed by atoms with van der Waals surface area (Å²) in [5.74, 6) is -3.35. The van der Waals surface area contributed by atoms with Crippen molar-refractivity contribution in [2.45, 2.75) is 62.3 Å². The minimum Gasteiger partial charge on any atom is -0.382 e. The molecule has 4 rings (SSSR count). The van der Waals surface area contributed by atoms with Gasteiger partial charge in [0.05, 0.1) is 14.9 Å². The number of aliphatic hydroxyl groups is 1. The smallest absolute Gasteiger partial charge is 0.382 e. The number of thiazole rings is 1. The van der Waals surface area contributed by atoms with E-state index in [9.17, 15) is 40.3 Å². The van der Waals surface area contributed by atoms with E-state index in [4.69, 9.17) is 23.2 Å². The minimum atomic E-state index is -4.87. The van der Waals surface area contributed by atoms with Crippen LogP contribution in [-0.4, -0.2) is 75.3 Å². The Labute approximate surface area is 256 Å². The molecule has 0 radical (unpaired) electrons. The predicted octanol–water partition coefficient (Wildman–Crippen LogP) is 5.24. The molecule has 1 unspecified atom stereocenters. The Balaban J connectivity index is 1.83. The summed E-state index contributed by atoms with van der Waals surface area (Å²) in [4.78, 5) is 18.5. The van der Waals surface area contributed by atoms with Crippen LogP contribution in [0.15, 0.2) is 17.0 Å². The van der Waals surface area contributed by atoms with Crippen LogP contribution in [0.3, 0.4) is 0 Å². The highest BCUT2D eigenvalue weighted by atomic mass is 35.5. The van der Waals surface area contributed by atoms with Crippen molar-refractivity contribution in [3.63, 3.8) is 0 Å². The number of nitrogens with zero attached hydrogens (tertiary/aromatic N) is 5. The van der Waals surface area contributed by atoms with Crippen LogP contribution >= 0.6 is 34.5 Å². The maximum atomic E-state index is 13.8. The Kier molecular flexibility index (Phi) is 8.94. The molecule has 2 N–H and O–H groups in total. The van der Waals surface area contributed by atoms with E-state index in [-0.39, 0.29) is 45.9 Å². The van der Waals surface area contributed by atoms with Crippen molar-refractivity contribution < 1.29 is 40.3 Å². The SMILES string of the molecule is CC(NS(=O)(=O)c1ccc(-c2sc(-c3nnc(C(C)(C)O)n3C)nc2C(=O)N2CCC(F)(F)CC2)c(Cl)c1Cl)C(F)(F)F. The maximum Gasteiger partial charge on any atom is 0.404 e. The molecule has 3 heterocycles. The van der Waals surface area contributed by atoms with Crippen LogP contribution in [0.1, 0.15) is 49.9 Å². The van der Waals surface area contributed by atoms with Gasteiger partial charge in [-0.2, -0.15) is 17.9 Å². The number of likely N-dealkylation sites (tertiary alicyclic amines) is 1. The van der Waals surface area contributed by atoms with Crippen molar-refractivity contribution in [3.05, 3.63) is 33.7 Å². The van der Waals surface area contributed by atoms with Crippen molar-refractivity contribution >= 4 is 50.5 Å². The lowest BCUT2D eigenvalue weighted by Crippen LogP contribution is -2.43. The van der Waals surface area contributed by atoms with Crippen molar-refractivity contribution in [3.8, 4) is 21.3 Å². The molecule has 1 atom stereocenters. The second-order valence-electron chi connectivity index (χ2n) is 10.4. The summed E-state index contributed by atoms with van der Waals surface area (Å²) in [6.45, 7) is 3.05. The molecule has 1 aliphatic rings. The lowest BCUT2D eigenvalue weighted by Gasteiger charge is -2.31. The summed E-state index contributed by atoms with van der Waals surface area (Å²) in [5, 5.41) is 17.6. The Morgan fingerprint density at radius 3 is 2.28 bits per heavy atom. The van der Waals surface area contributed by atoms with E-state index in [2.05, 4.69) is 15.2 Å². The zero-order valence-corrected chi connectivity index (χ0v) is 26.1. The monoisotopic (exact) mass is 690 g/mol. The van der Waals surface area contributed by atoms with Gasteiger partial charge in [-0.3, -0.25) is 4.79 Å². The van der Waals surface area contributed by atoms with Gasteiger partial charge in [-0.05, 0) is 26.8 Å². The zero-order valence-electron chi connectivity index (χ0n) is 22.9. The first-order valence-corrected chi connectivity index (χ1v) is 15.6. The molecule has 3 aromatic rings. The number of aromatic nitrogens is 4. The van der Waals surface area contributed by atoms with Crippen LogP contribution in [0.4, 0.5) is 22.0 Å². The van der Waals surface area contributed by atoms with Gasteiger partial charge >= 0.3 is 6.18 Å². The molecule has 0 aliphatic carbocycles. The molecule has 1 saturated heterocycles. The van der Waals surface area contributed by atoms with Gasteiger partial charge in [0, 0.05) is 38.5 Å². The number of hydrogen-bond donors (Lipinski definition) is 2. The number of halogens is 7. The third-order valence-electron chi connectivity index (χ3n) is 6.63. The second-order valence-corrected chi connectivity index (χ2v) is 13.9. The minimum absolute atomic E-state index is 0.00815. The standard InChI is InChI=1S/C24H25Cl2F5N6O4S2/c1-11(24(29,30)31)35-43(40,41)13-6-5-12(14(25)15(13)26)17-16(20(38)37-9-7-23(27,28)8-10-37)32-19(42-17)18-33-34-21(36(18)4)22(2,3)39/h5-6,11,35,39H,7-10H2,1-4H3. The average molecular weight is 692 g/mol. The predicted molar refractivity (Wildman–Crippen MR) is 149 cm³/mol. The van der Waals surface area contributed by atoms with Crippen molar-refractivity contribution in [1.82, 2.24) is 29.4 Å². The number of sulfonamides is 1. The van der Waals surface area contributed by atoms with E-state index in [0.717, 1.165) is 23.5 Å². The first-order valence-electron chi connectivity index (χ1n) is 12.5. The highest BCUT2D eigenvalue weighted by Gasteiger charge is 2.40. The third kappa shape index (κ3) is 6.81. The third-order valence-corrected chi connectivity index (χ3v) is 10.3. The van der Waals surface area contributed by atoms with E-state index in [1.807, 2.05) is 0 Å². The van der Waals surface area contributed by atoms with E-state index in [1.165, 1.54) is 28.0 Å². The summed E-state index contributed by atoms with van der Waals surface area (Å²) in [6.07, 6.45) is -6.00. The lowest BCUT2D eigenvalue weighted by atomic mass is 10.1. The van der Waals surface area contributed by atoms with Crippen LogP contribution in [0.2, 0.25) is 10.0 Å². The molecular weight excluding hydrogens is 666 g/mol. The summed E-state index contributed by atoms with van der Waals surface area (Å²) >= 11 is 13.6. The highest BCUT2D eigenvalue weighted by molar-refractivity contribution is 7.89. The topological polar surface area (TPSA) is 130 Å². The molecule has 1 fully saturated rings. The van der Waals surface area contributed by atoms with Crippen LogP contribution in [0, 0.1) is 0 Å². The summed E-state index contributed by atoms with van der Waals surface area (Å²) in [5.41, 5.74) is -1.61. The molecule has 236 valence electrons. The zero-order chi connectivity index (χ0) is 32.3. The van der Waals surface area contributed by atoms with Crippen LogP contribution in [0.5, 0.6) is 0 Å².